The molecule has 178 valence electrons. The maximum Gasteiger partial charge on any atom is 0.231 e. The molecule has 4 heterocycles. The zero-order valence-electron chi connectivity index (χ0n) is 19.2. The van der Waals surface area contributed by atoms with Crippen LogP contribution < -0.4 is 19.3 Å². The van der Waals surface area contributed by atoms with E-state index in [1.54, 1.807) is 17.0 Å². The highest BCUT2D eigenvalue weighted by Crippen LogP contribution is 2.37. The number of amides is 2. The van der Waals surface area contributed by atoms with E-state index in [1.165, 1.54) is 0 Å². The largest absolute Gasteiger partial charge is 0.454 e. The molecule has 1 unspecified atom stereocenters. The molecule has 0 aliphatic carbocycles. The van der Waals surface area contributed by atoms with Gasteiger partial charge in [-0.3, -0.25) is 9.59 Å². The molecule has 2 amide bonds. The molecule has 0 bridgehead atoms. The van der Waals surface area contributed by atoms with Crippen molar-refractivity contribution in [1.29, 1.82) is 0 Å². The monoisotopic (exact) mass is 471 g/mol. The van der Waals surface area contributed by atoms with Crippen LogP contribution in [0.5, 0.6) is 11.5 Å². The van der Waals surface area contributed by atoms with Gasteiger partial charge in [-0.15, -0.1) is 10.2 Å². The number of hydrogen-bond acceptors (Lipinski definition) is 7. The summed E-state index contributed by atoms with van der Waals surface area (Å²) < 4.78 is 10.8. The van der Waals surface area contributed by atoms with E-state index in [0.717, 1.165) is 22.8 Å². The van der Waals surface area contributed by atoms with Crippen molar-refractivity contribution in [2.45, 2.75) is 6.42 Å². The Morgan fingerprint density at radius 1 is 0.886 bits per heavy atom. The van der Waals surface area contributed by atoms with Crippen molar-refractivity contribution in [3.05, 3.63) is 60.7 Å². The molecule has 9 heteroatoms. The van der Waals surface area contributed by atoms with Crippen LogP contribution in [-0.4, -0.2) is 66.4 Å². The summed E-state index contributed by atoms with van der Waals surface area (Å²) in [5.74, 6) is 1.75. The van der Waals surface area contributed by atoms with E-state index in [9.17, 15) is 9.59 Å². The van der Waals surface area contributed by atoms with Gasteiger partial charge >= 0.3 is 0 Å². The third-order valence-electron chi connectivity index (χ3n) is 6.78. The molecule has 1 atom stereocenters. The molecule has 0 N–H and O–H groups in total. The number of aromatic nitrogens is 2. The number of nitrogens with zero attached hydrogens (tertiary/aromatic N) is 5. The molecule has 3 aromatic rings. The Balaban J connectivity index is 1.06. The number of piperazine rings is 1. The maximum absolute atomic E-state index is 13.2. The summed E-state index contributed by atoms with van der Waals surface area (Å²) in [6, 6.07) is 19.3. The first kappa shape index (κ1) is 21.4. The lowest BCUT2D eigenvalue weighted by atomic mass is 10.1. The Morgan fingerprint density at radius 3 is 2.46 bits per heavy atom. The minimum atomic E-state index is -0.343. The summed E-state index contributed by atoms with van der Waals surface area (Å²) in [6.07, 6.45) is 0.222. The Hall–Kier alpha value is -4.14. The van der Waals surface area contributed by atoms with Gasteiger partial charge in [0.2, 0.25) is 18.6 Å². The van der Waals surface area contributed by atoms with Gasteiger partial charge in [-0.1, -0.05) is 30.3 Å². The summed E-state index contributed by atoms with van der Waals surface area (Å²) in [6.45, 7) is 3.10. The highest BCUT2D eigenvalue weighted by Gasteiger charge is 2.38. The van der Waals surface area contributed by atoms with E-state index in [2.05, 4.69) is 15.1 Å². The third-order valence-corrected chi connectivity index (χ3v) is 6.78. The first-order valence-corrected chi connectivity index (χ1v) is 11.8. The summed E-state index contributed by atoms with van der Waals surface area (Å²) in [4.78, 5) is 31.6. The minimum Gasteiger partial charge on any atom is -0.454 e. The lowest BCUT2D eigenvalue weighted by molar-refractivity contribution is -0.136. The van der Waals surface area contributed by atoms with Crippen LogP contribution >= 0.6 is 0 Å². The lowest BCUT2D eigenvalue weighted by Crippen LogP contribution is -2.51. The zero-order valence-corrected chi connectivity index (χ0v) is 19.2. The SMILES string of the molecule is O=C(C1CC(=O)N(c2ccc3c(c2)OCO3)C1)N1CCN(c2ccc(-c3ccccc3)nn2)CC1. The van der Waals surface area contributed by atoms with Crippen molar-refractivity contribution < 1.29 is 19.1 Å². The average molecular weight is 472 g/mol. The maximum atomic E-state index is 13.2. The molecule has 3 aliphatic rings. The standard InChI is InChI=1S/C26H25N5O4/c32-25-14-19(16-31(25)20-6-8-22-23(15-20)35-17-34-22)26(33)30-12-10-29(11-13-30)24-9-7-21(27-28-24)18-4-2-1-3-5-18/h1-9,15,19H,10-14,16-17H2. The molecule has 0 saturated carbocycles. The van der Waals surface area contributed by atoms with E-state index in [0.29, 0.717) is 44.2 Å². The molecular weight excluding hydrogens is 446 g/mol. The van der Waals surface area contributed by atoms with Gasteiger partial charge in [0.1, 0.15) is 0 Å². The predicted octanol–water partition coefficient (Wildman–Crippen LogP) is 2.57. The first-order chi connectivity index (χ1) is 17.2. The average Bonchev–Trinajstić information content (AvgIpc) is 3.55. The molecule has 35 heavy (non-hydrogen) atoms. The van der Waals surface area contributed by atoms with Crippen LogP contribution in [0.25, 0.3) is 11.3 Å². The highest BCUT2D eigenvalue weighted by atomic mass is 16.7. The van der Waals surface area contributed by atoms with Crippen molar-refractivity contribution >= 4 is 23.3 Å². The van der Waals surface area contributed by atoms with Crippen molar-refractivity contribution in [1.82, 2.24) is 15.1 Å². The Bertz CT molecular complexity index is 1240. The molecule has 3 aliphatic heterocycles. The van der Waals surface area contributed by atoms with E-state index in [1.807, 2.05) is 53.4 Å². The van der Waals surface area contributed by atoms with Gasteiger partial charge < -0.3 is 24.2 Å². The number of anilines is 2. The first-order valence-electron chi connectivity index (χ1n) is 11.8. The minimum absolute atomic E-state index is 0.0340. The van der Waals surface area contributed by atoms with E-state index < -0.39 is 0 Å². The lowest BCUT2D eigenvalue weighted by Gasteiger charge is -2.36. The van der Waals surface area contributed by atoms with Crippen molar-refractivity contribution in [3.63, 3.8) is 0 Å². The molecular formula is C26H25N5O4. The third kappa shape index (κ3) is 4.14. The highest BCUT2D eigenvalue weighted by molar-refractivity contribution is 6.00. The molecule has 6 rings (SSSR count). The smallest absolute Gasteiger partial charge is 0.231 e. The molecule has 2 aromatic carbocycles. The van der Waals surface area contributed by atoms with E-state index in [4.69, 9.17) is 9.47 Å². The summed E-state index contributed by atoms with van der Waals surface area (Å²) >= 11 is 0. The molecule has 0 spiro atoms. The summed E-state index contributed by atoms with van der Waals surface area (Å²) in [7, 11) is 0. The number of carbonyl (C=O) groups excluding carboxylic acids is 2. The molecule has 9 nitrogen and oxygen atoms in total. The zero-order chi connectivity index (χ0) is 23.8. The fourth-order valence-electron chi connectivity index (χ4n) is 4.85. The molecule has 1 aromatic heterocycles. The number of ether oxygens (including phenoxy) is 2. The van der Waals surface area contributed by atoms with Gasteiger partial charge in [-0.25, -0.2) is 0 Å². The van der Waals surface area contributed by atoms with Crippen LogP contribution in [0.2, 0.25) is 0 Å². The topological polar surface area (TPSA) is 88.1 Å². The molecule has 0 radical (unpaired) electrons. The fraction of sp³-hybridized carbons (Fsp3) is 0.308. The number of carbonyl (C=O) groups is 2. The van der Waals surface area contributed by atoms with Crippen LogP contribution in [0.3, 0.4) is 0 Å². The van der Waals surface area contributed by atoms with Gasteiger partial charge in [0.15, 0.2) is 17.3 Å². The van der Waals surface area contributed by atoms with Gasteiger partial charge in [0, 0.05) is 56.5 Å². The quantitative estimate of drug-likeness (QED) is 0.578. The van der Waals surface area contributed by atoms with Gasteiger partial charge in [-0.2, -0.15) is 0 Å². The van der Waals surface area contributed by atoms with Crippen LogP contribution in [0.15, 0.2) is 60.7 Å². The fourth-order valence-corrected chi connectivity index (χ4v) is 4.85. The Kier molecular flexibility index (Phi) is 5.44. The van der Waals surface area contributed by atoms with Crippen LogP contribution in [-0.2, 0) is 9.59 Å². The van der Waals surface area contributed by atoms with E-state index in [-0.39, 0.29) is 30.9 Å². The van der Waals surface area contributed by atoms with Crippen LogP contribution in [0.1, 0.15) is 6.42 Å². The second-order valence-electron chi connectivity index (χ2n) is 8.90. The van der Waals surface area contributed by atoms with Crippen molar-refractivity contribution in [2.24, 2.45) is 5.92 Å². The number of fused-ring (bicyclic) bond motifs is 1. The Morgan fingerprint density at radius 2 is 1.69 bits per heavy atom. The van der Waals surface area contributed by atoms with Gasteiger partial charge in [0.25, 0.3) is 0 Å². The number of benzene rings is 2. The van der Waals surface area contributed by atoms with Crippen LogP contribution in [0.4, 0.5) is 11.5 Å². The number of hydrogen-bond donors (Lipinski definition) is 0. The van der Waals surface area contributed by atoms with E-state index >= 15 is 0 Å². The summed E-state index contributed by atoms with van der Waals surface area (Å²) in [5, 5.41) is 8.78. The van der Waals surface area contributed by atoms with Gasteiger partial charge in [-0.05, 0) is 24.3 Å². The normalized spacial score (nSPS) is 19.4. The summed E-state index contributed by atoms with van der Waals surface area (Å²) in [5.41, 5.74) is 2.60. The van der Waals surface area contributed by atoms with Crippen molar-refractivity contribution in [3.8, 4) is 22.8 Å². The Labute approximate surface area is 202 Å². The predicted molar refractivity (Wildman–Crippen MR) is 129 cm³/mol. The van der Waals surface area contributed by atoms with Gasteiger partial charge in [0.05, 0.1) is 11.6 Å². The molecule has 2 saturated heterocycles. The molecule has 2 fully saturated rings. The van der Waals surface area contributed by atoms with Crippen LogP contribution in [0, 0.1) is 5.92 Å². The van der Waals surface area contributed by atoms with Crippen molar-refractivity contribution in [2.75, 3.05) is 49.3 Å². The number of rotatable bonds is 4. The second-order valence-corrected chi connectivity index (χ2v) is 8.90. The second kappa shape index (κ2) is 8.90.